The zero-order chi connectivity index (χ0) is 10.2. The number of carbonyl (C=O) groups excluding carboxylic acids is 1. The Morgan fingerprint density at radius 2 is 2.36 bits per heavy atom. The average molecular weight is 191 g/mol. The third-order valence-electron chi connectivity index (χ3n) is 2.65. The lowest BCUT2D eigenvalue weighted by molar-refractivity contribution is -0.136. The lowest BCUT2D eigenvalue weighted by atomic mass is 10.1. The van der Waals surface area contributed by atoms with Gasteiger partial charge in [-0.15, -0.1) is 0 Å². The van der Waals surface area contributed by atoms with Crippen molar-refractivity contribution >= 4 is 5.97 Å². The summed E-state index contributed by atoms with van der Waals surface area (Å²) in [5.41, 5.74) is 0.124. The molecular formula is C11H13NO2. The van der Waals surface area contributed by atoms with Gasteiger partial charge in [0.15, 0.2) is 0 Å². The largest absolute Gasteiger partial charge is 0.425 e. The molecule has 14 heavy (non-hydrogen) atoms. The number of pyridine rings is 1. The van der Waals surface area contributed by atoms with E-state index in [1.165, 1.54) is 0 Å². The first-order valence-electron chi connectivity index (χ1n) is 4.71. The van der Waals surface area contributed by atoms with Crippen LogP contribution >= 0.6 is 0 Å². The molecule has 0 saturated heterocycles. The molecule has 1 aliphatic rings. The van der Waals surface area contributed by atoms with Gasteiger partial charge in [0.1, 0.15) is 5.75 Å². The topological polar surface area (TPSA) is 39.2 Å². The van der Waals surface area contributed by atoms with Crippen LogP contribution in [0, 0.1) is 11.3 Å². The monoisotopic (exact) mass is 191 g/mol. The molecule has 0 spiro atoms. The Bertz CT molecular complexity index is 346. The summed E-state index contributed by atoms with van der Waals surface area (Å²) in [7, 11) is 0. The molecule has 0 N–H and O–H groups in total. The predicted molar refractivity (Wildman–Crippen MR) is 51.8 cm³/mol. The fourth-order valence-corrected chi connectivity index (χ4v) is 1.46. The number of hydrogen-bond donors (Lipinski definition) is 0. The summed E-state index contributed by atoms with van der Waals surface area (Å²) in [5.74, 6) is 0.450. The number of ether oxygens (including phenoxy) is 1. The molecule has 3 nitrogen and oxygen atoms in total. The van der Waals surface area contributed by atoms with Crippen molar-refractivity contribution in [2.75, 3.05) is 0 Å². The average Bonchev–Trinajstić information content (AvgIpc) is 2.77. The minimum absolute atomic E-state index is 0.0581. The Morgan fingerprint density at radius 1 is 1.64 bits per heavy atom. The molecule has 0 aromatic carbocycles. The SMILES string of the molecule is CC1(C)CC1C(=O)Oc1cccnc1. The molecule has 1 aromatic rings. The van der Waals surface area contributed by atoms with Crippen molar-refractivity contribution in [1.29, 1.82) is 0 Å². The molecule has 1 saturated carbocycles. The van der Waals surface area contributed by atoms with Gasteiger partial charge in [-0.1, -0.05) is 13.8 Å². The Hall–Kier alpha value is -1.38. The zero-order valence-corrected chi connectivity index (χ0v) is 8.36. The Morgan fingerprint density at radius 3 is 2.86 bits per heavy atom. The van der Waals surface area contributed by atoms with Crippen LogP contribution in [0.1, 0.15) is 20.3 Å². The molecule has 0 radical (unpaired) electrons. The van der Waals surface area contributed by atoms with Crippen LogP contribution in [-0.4, -0.2) is 11.0 Å². The Balaban J connectivity index is 1.97. The van der Waals surface area contributed by atoms with Crippen LogP contribution in [0.5, 0.6) is 5.75 Å². The summed E-state index contributed by atoms with van der Waals surface area (Å²) in [6.45, 7) is 4.14. The molecule has 0 amide bonds. The van der Waals surface area contributed by atoms with Gasteiger partial charge in [-0.25, -0.2) is 0 Å². The lowest BCUT2D eigenvalue weighted by Gasteiger charge is -2.04. The maximum absolute atomic E-state index is 11.5. The van der Waals surface area contributed by atoms with E-state index in [9.17, 15) is 4.79 Å². The van der Waals surface area contributed by atoms with Crippen molar-refractivity contribution in [1.82, 2.24) is 4.98 Å². The van der Waals surface area contributed by atoms with Crippen LogP contribution in [-0.2, 0) is 4.79 Å². The fourth-order valence-electron chi connectivity index (χ4n) is 1.46. The highest BCUT2D eigenvalue weighted by Gasteiger charge is 2.51. The standard InChI is InChI=1S/C11H13NO2/c1-11(2)6-9(11)10(13)14-8-4-3-5-12-7-8/h3-5,7,9H,6H2,1-2H3. The van der Waals surface area contributed by atoms with Gasteiger partial charge >= 0.3 is 5.97 Å². The zero-order valence-electron chi connectivity index (χ0n) is 8.36. The quantitative estimate of drug-likeness (QED) is 0.671. The smallest absolute Gasteiger partial charge is 0.314 e. The minimum atomic E-state index is -0.136. The van der Waals surface area contributed by atoms with Crippen LogP contribution in [0.25, 0.3) is 0 Å². The maximum atomic E-state index is 11.5. The number of esters is 1. The van der Waals surface area contributed by atoms with E-state index in [1.807, 2.05) is 0 Å². The van der Waals surface area contributed by atoms with Gasteiger partial charge in [0.25, 0.3) is 0 Å². The molecule has 1 unspecified atom stereocenters. The highest BCUT2D eigenvalue weighted by molar-refractivity contribution is 5.78. The molecule has 3 heteroatoms. The van der Waals surface area contributed by atoms with Crippen molar-refractivity contribution in [3.05, 3.63) is 24.5 Å². The van der Waals surface area contributed by atoms with Gasteiger partial charge in [0.05, 0.1) is 12.1 Å². The molecule has 1 fully saturated rings. The first kappa shape index (κ1) is 9.19. The summed E-state index contributed by atoms with van der Waals surface area (Å²) in [5, 5.41) is 0. The van der Waals surface area contributed by atoms with E-state index >= 15 is 0 Å². The van der Waals surface area contributed by atoms with Gasteiger partial charge in [-0.3, -0.25) is 9.78 Å². The number of hydrogen-bond acceptors (Lipinski definition) is 3. The van der Waals surface area contributed by atoms with E-state index in [-0.39, 0.29) is 17.3 Å². The number of carbonyl (C=O) groups is 1. The summed E-state index contributed by atoms with van der Waals surface area (Å²) < 4.78 is 5.17. The molecule has 1 heterocycles. The number of nitrogens with zero attached hydrogens (tertiary/aromatic N) is 1. The van der Waals surface area contributed by atoms with Crippen LogP contribution in [0.2, 0.25) is 0 Å². The van der Waals surface area contributed by atoms with Crippen molar-refractivity contribution in [3.8, 4) is 5.75 Å². The van der Waals surface area contributed by atoms with Gasteiger partial charge in [-0.05, 0) is 24.0 Å². The van der Waals surface area contributed by atoms with E-state index in [2.05, 4.69) is 18.8 Å². The van der Waals surface area contributed by atoms with Gasteiger partial charge in [0, 0.05) is 6.20 Å². The van der Waals surface area contributed by atoms with Crippen LogP contribution in [0.3, 0.4) is 0 Å². The van der Waals surface area contributed by atoms with Gasteiger partial charge < -0.3 is 4.74 Å². The highest BCUT2D eigenvalue weighted by atomic mass is 16.5. The molecular weight excluding hydrogens is 178 g/mol. The second kappa shape index (κ2) is 3.08. The van der Waals surface area contributed by atoms with Crippen molar-refractivity contribution in [2.24, 2.45) is 11.3 Å². The van der Waals surface area contributed by atoms with Crippen molar-refractivity contribution in [3.63, 3.8) is 0 Å². The summed E-state index contributed by atoms with van der Waals surface area (Å²) >= 11 is 0. The number of rotatable bonds is 2. The second-order valence-electron chi connectivity index (χ2n) is 4.36. The minimum Gasteiger partial charge on any atom is -0.425 e. The van der Waals surface area contributed by atoms with E-state index in [4.69, 9.17) is 4.74 Å². The molecule has 1 aromatic heterocycles. The molecule has 1 atom stereocenters. The van der Waals surface area contributed by atoms with Crippen LogP contribution in [0.15, 0.2) is 24.5 Å². The summed E-state index contributed by atoms with van der Waals surface area (Å²) in [6.07, 6.45) is 4.12. The van der Waals surface area contributed by atoms with E-state index in [0.29, 0.717) is 5.75 Å². The highest BCUT2D eigenvalue weighted by Crippen LogP contribution is 2.52. The van der Waals surface area contributed by atoms with Crippen molar-refractivity contribution in [2.45, 2.75) is 20.3 Å². The fraction of sp³-hybridized carbons (Fsp3) is 0.455. The van der Waals surface area contributed by atoms with Crippen molar-refractivity contribution < 1.29 is 9.53 Å². The maximum Gasteiger partial charge on any atom is 0.314 e. The third kappa shape index (κ3) is 1.76. The second-order valence-corrected chi connectivity index (χ2v) is 4.36. The molecule has 0 bridgehead atoms. The molecule has 74 valence electrons. The lowest BCUT2D eigenvalue weighted by Crippen LogP contribution is -2.13. The normalized spacial score (nSPS) is 22.9. The van der Waals surface area contributed by atoms with E-state index in [1.54, 1.807) is 24.5 Å². The summed E-state index contributed by atoms with van der Waals surface area (Å²) in [4.78, 5) is 15.4. The predicted octanol–water partition coefficient (Wildman–Crippen LogP) is 2.03. The van der Waals surface area contributed by atoms with Gasteiger partial charge in [-0.2, -0.15) is 0 Å². The molecule has 1 aliphatic carbocycles. The molecule has 2 rings (SSSR count). The van der Waals surface area contributed by atoms with Crippen LogP contribution in [0.4, 0.5) is 0 Å². The first-order chi connectivity index (χ1) is 6.59. The van der Waals surface area contributed by atoms with E-state index in [0.717, 1.165) is 6.42 Å². The first-order valence-corrected chi connectivity index (χ1v) is 4.71. The van der Waals surface area contributed by atoms with Crippen LogP contribution < -0.4 is 4.74 Å². The summed E-state index contributed by atoms with van der Waals surface area (Å²) in [6, 6.07) is 3.49. The molecule has 0 aliphatic heterocycles. The Labute approximate surface area is 83.1 Å². The third-order valence-corrected chi connectivity index (χ3v) is 2.65. The number of aromatic nitrogens is 1. The van der Waals surface area contributed by atoms with Gasteiger partial charge in [0.2, 0.25) is 0 Å². The Kier molecular flexibility index (Phi) is 2.02. The van der Waals surface area contributed by atoms with E-state index < -0.39 is 0 Å².